The number of ether oxygens (including phenoxy) is 2. The molecule has 3 aromatic carbocycles. The highest BCUT2D eigenvalue weighted by atomic mass is 16.5. The summed E-state index contributed by atoms with van der Waals surface area (Å²) in [6, 6.07) is 19.2. The average molecular weight is 486 g/mol. The lowest BCUT2D eigenvalue weighted by molar-refractivity contribution is -0.124. The Hall–Kier alpha value is -4.35. The number of hydrogen-bond donors (Lipinski definition) is 3. The number of amides is 2. The number of aliphatic hydroxyl groups is 1. The molecule has 3 aromatic rings. The smallest absolute Gasteiger partial charge is 0.262 e. The Balaban J connectivity index is 1.35. The molecular formula is C28H27N3O5. The van der Waals surface area contributed by atoms with E-state index in [2.05, 4.69) is 16.7 Å². The second-order valence-corrected chi connectivity index (χ2v) is 8.76. The second-order valence-electron chi connectivity index (χ2n) is 8.76. The highest BCUT2D eigenvalue weighted by Crippen LogP contribution is 2.33. The number of nitriles is 1. The van der Waals surface area contributed by atoms with Crippen LogP contribution >= 0.6 is 0 Å². The van der Waals surface area contributed by atoms with Crippen LogP contribution in [0.15, 0.2) is 60.7 Å². The van der Waals surface area contributed by atoms with Gasteiger partial charge < -0.3 is 25.2 Å². The lowest BCUT2D eigenvalue weighted by Crippen LogP contribution is -2.36. The SMILES string of the molecule is Cc1ccc(OCC(=O)N[C@@H]2c3cc(NC(=O)COc4ccc(C#N)cc4C)ccc3C[C@@H]2O)cc1. The quantitative estimate of drug-likeness (QED) is 0.450. The highest BCUT2D eigenvalue weighted by Gasteiger charge is 2.32. The Morgan fingerprint density at radius 3 is 2.47 bits per heavy atom. The minimum absolute atomic E-state index is 0.176. The van der Waals surface area contributed by atoms with Gasteiger partial charge in [0.2, 0.25) is 0 Å². The molecule has 184 valence electrons. The molecule has 0 aliphatic heterocycles. The van der Waals surface area contributed by atoms with E-state index < -0.39 is 12.1 Å². The molecule has 8 nitrogen and oxygen atoms in total. The summed E-state index contributed by atoms with van der Waals surface area (Å²) in [5, 5.41) is 25.1. The van der Waals surface area contributed by atoms with Crippen molar-refractivity contribution >= 4 is 17.5 Å². The molecule has 0 saturated carbocycles. The molecular weight excluding hydrogens is 458 g/mol. The maximum Gasteiger partial charge on any atom is 0.262 e. The summed E-state index contributed by atoms with van der Waals surface area (Å²) in [7, 11) is 0. The van der Waals surface area contributed by atoms with Gasteiger partial charge in [0.25, 0.3) is 11.8 Å². The molecule has 36 heavy (non-hydrogen) atoms. The monoisotopic (exact) mass is 485 g/mol. The third kappa shape index (κ3) is 6.01. The van der Waals surface area contributed by atoms with Gasteiger partial charge in [-0.25, -0.2) is 0 Å². The van der Waals surface area contributed by atoms with E-state index in [-0.39, 0.29) is 25.0 Å². The number of benzene rings is 3. The Kier molecular flexibility index (Phi) is 7.52. The molecule has 4 rings (SSSR count). The largest absolute Gasteiger partial charge is 0.484 e. The van der Waals surface area contributed by atoms with Crippen molar-refractivity contribution in [2.24, 2.45) is 0 Å². The molecule has 1 aliphatic carbocycles. The first kappa shape index (κ1) is 24.8. The van der Waals surface area contributed by atoms with Crippen LogP contribution in [0.1, 0.15) is 33.9 Å². The minimum Gasteiger partial charge on any atom is -0.484 e. The molecule has 1 aliphatic rings. The van der Waals surface area contributed by atoms with Gasteiger partial charge in [-0.05, 0) is 73.0 Å². The van der Waals surface area contributed by atoms with E-state index in [0.29, 0.717) is 29.2 Å². The van der Waals surface area contributed by atoms with Gasteiger partial charge in [0.1, 0.15) is 11.5 Å². The molecule has 0 unspecified atom stereocenters. The summed E-state index contributed by atoms with van der Waals surface area (Å²) in [6.45, 7) is 3.39. The number of hydrogen-bond acceptors (Lipinski definition) is 6. The summed E-state index contributed by atoms with van der Waals surface area (Å²) in [4.78, 5) is 25.0. The van der Waals surface area contributed by atoms with Crippen LogP contribution in [0, 0.1) is 25.2 Å². The van der Waals surface area contributed by atoms with Crippen LogP contribution in [-0.4, -0.2) is 36.2 Å². The van der Waals surface area contributed by atoms with E-state index in [0.717, 1.165) is 22.3 Å². The van der Waals surface area contributed by atoms with Crippen molar-refractivity contribution in [1.29, 1.82) is 5.26 Å². The first-order valence-corrected chi connectivity index (χ1v) is 11.6. The van der Waals surface area contributed by atoms with E-state index in [1.54, 1.807) is 49.4 Å². The van der Waals surface area contributed by atoms with Crippen molar-refractivity contribution in [3.63, 3.8) is 0 Å². The van der Waals surface area contributed by atoms with E-state index >= 15 is 0 Å². The third-order valence-corrected chi connectivity index (χ3v) is 5.95. The molecule has 2 amide bonds. The fourth-order valence-corrected chi connectivity index (χ4v) is 4.09. The fraction of sp³-hybridized carbons (Fsp3) is 0.250. The summed E-state index contributed by atoms with van der Waals surface area (Å²) in [5.74, 6) is 0.404. The topological polar surface area (TPSA) is 121 Å². The number of aliphatic hydroxyl groups excluding tert-OH is 1. The summed E-state index contributed by atoms with van der Waals surface area (Å²) >= 11 is 0. The Labute approximate surface area is 209 Å². The van der Waals surface area contributed by atoms with Crippen LogP contribution in [-0.2, 0) is 16.0 Å². The van der Waals surface area contributed by atoms with Crippen molar-refractivity contribution in [1.82, 2.24) is 5.32 Å². The lowest BCUT2D eigenvalue weighted by atomic mass is 10.1. The van der Waals surface area contributed by atoms with Crippen LogP contribution in [0.25, 0.3) is 0 Å². The first-order valence-electron chi connectivity index (χ1n) is 11.6. The summed E-state index contributed by atoms with van der Waals surface area (Å²) < 4.78 is 11.1. The standard InChI is InChI=1S/C28H27N3O5/c1-17-3-8-22(9-4-17)35-15-27(34)31-28-23-13-21(7-6-20(23)12-24(28)32)30-26(33)16-36-25-10-5-19(14-29)11-18(25)2/h3-11,13,24,28,32H,12,15-16H2,1-2H3,(H,30,33)(H,31,34)/t24-,28+/m0/s1. The Bertz CT molecular complexity index is 1310. The number of nitrogens with zero attached hydrogens (tertiary/aromatic N) is 1. The van der Waals surface area contributed by atoms with E-state index in [9.17, 15) is 14.7 Å². The number of aryl methyl sites for hydroxylation is 2. The number of carbonyl (C=O) groups is 2. The summed E-state index contributed by atoms with van der Waals surface area (Å²) in [5.41, 5.74) is 4.55. The van der Waals surface area contributed by atoms with Gasteiger partial charge in [0, 0.05) is 12.1 Å². The molecule has 3 N–H and O–H groups in total. The number of rotatable bonds is 8. The normalized spacial score (nSPS) is 15.9. The maximum absolute atomic E-state index is 12.5. The molecule has 0 bridgehead atoms. The molecule has 0 heterocycles. The molecule has 8 heteroatoms. The van der Waals surface area contributed by atoms with Gasteiger partial charge >= 0.3 is 0 Å². The summed E-state index contributed by atoms with van der Waals surface area (Å²) in [6.07, 6.45) is -0.383. The van der Waals surface area contributed by atoms with Crippen LogP contribution in [0.5, 0.6) is 11.5 Å². The molecule has 0 spiro atoms. The van der Waals surface area contributed by atoms with E-state index in [1.165, 1.54) is 0 Å². The lowest BCUT2D eigenvalue weighted by Gasteiger charge is -2.19. The zero-order chi connectivity index (χ0) is 25.7. The van der Waals surface area contributed by atoms with Crippen LogP contribution in [0.4, 0.5) is 5.69 Å². The Morgan fingerprint density at radius 2 is 1.75 bits per heavy atom. The number of anilines is 1. The van der Waals surface area contributed by atoms with E-state index in [4.69, 9.17) is 14.7 Å². The van der Waals surface area contributed by atoms with Crippen molar-refractivity contribution in [3.8, 4) is 17.6 Å². The zero-order valence-corrected chi connectivity index (χ0v) is 20.1. The maximum atomic E-state index is 12.5. The van der Waals surface area contributed by atoms with Crippen molar-refractivity contribution in [2.75, 3.05) is 18.5 Å². The molecule has 2 atom stereocenters. The van der Waals surface area contributed by atoms with Crippen molar-refractivity contribution < 1.29 is 24.2 Å². The number of carbonyl (C=O) groups excluding carboxylic acids is 2. The molecule has 0 aromatic heterocycles. The van der Waals surface area contributed by atoms with Gasteiger partial charge in [-0.15, -0.1) is 0 Å². The Morgan fingerprint density at radius 1 is 1.00 bits per heavy atom. The fourth-order valence-electron chi connectivity index (χ4n) is 4.09. The van der Waals surface area contributed by atoms with E-state index in [1.807, 2.05) is 25.1 Å². The first-order chi connectivity index (χ1) is 17.3. The highest BCUT2D eigenvalue weighted by molar-refractivity contribution is 5.92. The predicted octanol–water partition coefficient (Wildman–Crippen LogP) is 3.35. The molecule has 0 fully saturated rings. The van der Waals surface area contributed by atoms with Crippen molar-refractivity contribution in [2.45, 2.75) is 32.4 Å². The molecule has 0 saturated heterocycles. The second kappa shape index (κ2) is 10.9. The van der Waals surface area contributed by atoms with Gasteiger partial charge in [0.05, 0.1) is 23.8 Å². The number of fused-ring (bicyclic) bond motifs is 1. The molecule has 0 radical (unpaired) electrons. The average Bonchev–Trinajstić information content (AvgIpc) is 3.17. The van der Waals surface area contributed by atoms with Gasteiger partial charge in [0.15, 0.2) is 13.2 Å². The third-order valence-electron chi connectivity index (χ3n) is 5.95. The van der Waals surface area contributed by atoms with Crippen LogP contribution in [0.2, 0.25) is 0 Å². The zero-order valence-electron chi connectivity index (χ0n) is 20.1. The van der Waals surface area contributed by atoms with Crippen LogP contribution in [0.3, 0.4) is 0 Å². The number of nitrogens with one attached hydrogen (secondary N) is 2. The predicted molar refractivity (Wildman–Crippen MR) is 134 cm³/mol. The van der Waals surface area contributed by atoms with Gasteiger partial charge in [-0.2, -0.15) is 5.26 Å². The minimum atomic E-state index is -0.781. The van der Waals surface area contributed by atoms with Crippen LogP contribution < -0.4 is 20.1 Å². The van der Waals surface area contributed by atoms with Gasteiger partial charge in [-0.3, -0.25) is 9.59 Å². The van der Waals surface area contributed by atoms with Crippen molar-refractivity contribution in [3.05, 3.63) is 88.5 Å². The van der Waals surface area contributed by atoms with Gasteiger partial charge in [-0.1, -0.05) is 23.8 Å².